The monoisotopic (exact) mass is 391 g/mol. The molecule has 0 saturated carbocycles. The molecule has 2 heterocycles. The van der Waals surface area contributed by atoms with E-state index in [9.17, 15) is 19.7 Å². The minimum Gasteiger partial charge on any atom is -0.366 e. The predicted molar refractivity (Wildman–Crippen MR) is 109 cm³/mol. The zero-order valence-electron chi connectivity index (χ0n) is 16.3. The molecule has 2 aromatic carbocycles. The number of benzene rings is 2. The fraction of sp³-hybridized carbons (Fsp3) is 0.273. The summed E-state index contributed by atoms with van der Waals surface area (Å²) in [7, 11) is 0. The van der Waals surface area contributed by atoms with Crippen LogP contribution in [0.4, 0.5) is 11.4 Å². The Labute approximate surface area is 168 Å². The maximum Gasteiger partial charge on any atom is 0.282 e. The highest BCUT2D eigenvalue weighted by Gasteiger charge is 2.43. The van der Waals surface area contributed by atoms with Gasteiger partial charge in [0, 0.05) is 25.2 Å². The molecule has 7 heteroatoms. The first-order valence-electron chi connectivity index (χ1n) is 9.58. The fourth-order valence-electron chi connectivity index (χ4n) is 4.04. The molecule has 1 fully saturated rings. The van der Waals surface area contributed by atoms with Crippen molar-refractivity contribution < 1.29 is 14.5 Å². The lowest BCUT2D eigenvalue weighted by Gasteiger charge is -2.21. The number of anilines is 1. The molecule has 0 atom stereocenters. The largest absolute Gasteiger partial charge is 0.366 e. The summed E-state index contributed by atoms with van der Waals surface area (Å²) in [6, 6.07) is 11.4. The fourth-order valence-corrected chi connectivity index (χ4v) is 4.04. The lowest BCUT2D eigenvalue weighted by atomic mass is 10.0. The van der Waals surface area contributed by atoms with Crippen LogP contribution >= 0.6 is 0 Å². The number of nitro benzene ring substituents is 1. The Morgan fingerprint density at radius 1 is 0.931 bits per heavy atom. The summed E-state index contributed by atoms with van der Waals surface area (Å²) < 4.78 is 0. The predicted octanol–water partition coefficient (Wildman–Crippen LogP) is 3.59. The van der Waals surface area contributed by atoms with Crippen LogP contribution in [0.2, 0.25) is 0 Å². The Kier molecular flexibility index (Phi) is 4.66. The van der Waals surface area contributed by atoms with Gasteiger partial charge in [-0.2, -0.15) is 0 Å². The number of hydrogen-bond donors (Lipinski definition) is 0. The van der Waals surface area contributed by atoms with E-state index in [1.54, 1.807) is 18.2 Å². The number of rotatable bonds is 4. The molecular weight excluding hydrogens is 370 g/mol. The Morgan fingerprint density at radius 3 is 2.17 bits per heavy atom. The van der Waals surface area contributed by atoms with Crippen molar-refractivity contribution in [2.75, 3.05) is 18.0 Å². The molecular formula is C22H21N3O4. The number of nitrogens with zero attached hydrogens (tertiary/aromatic N) is 3. The Morgan fingerprint density at radius 2 is 1.59 bits per heavy atom. The maximum atomic E-state index is 13.4. The highest BCUT2D eigenvalue weighted by Crippen LogP contribution is 2.37. The summed E-state index contributed by atoms with van der Waals surface area (Å²) in [5.41, 5.74) is 3.63. The zero-order chi connectivity index (χ0) is 20.7. The van der Waals surface area contributed by atoms with Crippen LogP contribution in [0, 0.1) is 24.0 Å². The van der Waals surface area contributed by atoms with Crippen molar-refractivity contribution in [2.24, 2.45) is 0 Å². The molecule has 0 unspecified atom stereocenters. The van der Waals surface area contributed by atoms with Gasteiger partial charge in [0.1, 0.15) is 5.70 Å². The number of aryl methyl sites for hydroxylation is 2. The first-order valence-corrected chi connectivity index (χ1v) is 9.58. The molecule has 29 heavy (non-hydrogen) atoms. The van der Waals surface area contributed by atoms with Gasteiger partial charge in [0.2, 0.25) is 0 Å². The summed E-state index contributed by atoms with van der Waals surface area (Å²) in [6.45, 7) is 5.26. The lowest BCUT2D eigenvalue weighted by Crippen LogP contribution is -2.35. The molecule has 0 spiro atoms. The average Bonchev–Trinajstić information content (AvgIpc) is 3.29. The van der Waals surface area contributed by atoms with Gasteiger partial charge in [-0.1, -0.05) is 17.7 Å². The Hall–Kier alpha value is -3.48. The van der Waals surface area contributed by atoms with Gasteiger partial charge in [0.05, 0.1) is 16.2 Å². The van der Waals surface area contributed by atoms with Crippen molar-refractivity contribution in [1.29, 1.82) is 0 Å². The first kappa shape index (κ1) is 18.9. The van der Waals surface area contributed by atoms with Crippen molar-refractivity contribution in [1.82, 2.24) is 4.90 Å². The molecule has 0 aliphatic carbocycles. The van der Waals surface area contributed by atoms with Gasteiger partial charge in [-0.05, 0) is 56.0 Å². The van der Waals surface area contributed by atoms with Gasteiger partial charge < -0.3 is 4.90 Å². The van der Waals surface area contributed by atoms with Crippen molar-refractivity contribution in [3.63, 3.8) is 0 Å². The van der Waals surface area contributed by atoms with E-state index in [1.807, 2.05) is 30.9 Å². The molecule has 0 aromatic heterocycles. The Balaban J connectivity index is 1.83. The summed E-state index contributed by atoms with van der Waals surface area (Å²) >= 11 is 0. The highest BCUT2D eigenvalue weighted by molar-refractivity contribution is 6.45. The normalized spacial score (nSPS) is 16.9. The van der Waals surface area contributed by atoms with Crippen molar-refractivity contribution in [3.8, 4) is 0 Å². The highest BCUT2D eigenvalue weighted by atomic mass is 16.6. The lowest BCUT2D eigenvalue weighted by molar-refractivity contribution is -0.384. The zero-order valence-corrected chi connectivity index (χ0v) is 16.3. The second kappa shape index (κ2) is 7.16. The van der Waals surface area contributed by atoms with E-state index in [0.717, 1.165) is 24.0 Å². The van der Waals surface area contributed by atoms with Gasteiger partial charge in [-0.25, -0.2) is 4.90 Å². The van der Waals surface area contributed by atoms with E-state index in [0.29, 0.717) is 35.6 Å². The average molecular weight is 391 g/mol. The number of nitro groups is 1. The summed E-state index contributed by atoms with van der Waals surface area (Å²) in [5.74, 6) is -0.727. The van der Waals surface area contributed by atoms with Gasteiger partial charge in [-0.15, -0.1) is 0 Å². The van der Waals surface area contributed by atoms with Crippen LogP contribution in [0.15, 0.2) is 48.2 Å². The number of hydrogen-bond acceptors (Lipinski definition) is 5. The van der Waals surface area contributed by atoms with Crippen LogP contribution in [0.5, 0.6) is 0 Å². The molecule has 4 rings (SSSR count). The first-order chi connectivity index (χ1) is 13.9. The number of non-ortho nitro benzene ring substituents is 1. The molecule has 2 aliphatic heterocycles. The van der Waals surface area contributed by atoms with Crippen molar-refractivity contribution in [3.05, 3.63) is 75.0 Å². The van der Waals surface area contributed by atoms with Crippen LogP contribution in [-0.4, -0.2) is 34.7 Å². The SMILES string of the molecule is Cc1ccc(N2C(=O)C(c3ccc([N+](=O)[O-])cc3)=C(N3CCCC3)C2=O)c(C)c1. The van der Waals surface area contributed by atoms with Crippen LogP contribution < -0.4 is 4.90 Å². The molecule has 0 radical (unpaired) electrons. The second-order valence-corrected chi connectivity index (χ2v) is 7.46. The quantitative estimate of drug-likeness (QED) is 0.452. The van der Waals surface area contributed by atoms with Gasteiger partial charge >= 0.3 is 0 Å². The topological polar surface area (TPSA) is 83.8 Å². The van der Waals surface area contributed by atoms with Crippen LogP contribution in [0.25, 0.3) is 5.57 Å². The molecule has 1 saturated heterocycles. The molecule has 2 aliphatic rings. The van der Waals surface area contributed by atoms with E-state index in [1.165, 1.54) is 17.0 Å². The molecule has 148 valence electrons. The third-order valence-corrected chi connectivity index (χ3v) is 5.44. The van der Waals surface area contributed by atoms with Crippen LogP contribution in [-0.2, 0) is 9.59 Å². The standard InChI is InChI=1S/C22H21N3O4/c1-14-5-10-18(15(2)13-14)24-21(26)19(16-6-8-17(9-7-16)25(28)29)20(22(24)27)23-11-3-4-12-23/h5-10,13H,3-4,11-12H2,1-2H3. The third kappa shape index (κ3) is 3.18. The number of carbonyl (C=O) groups excluding carboxylic acids is 2. The van der Waals surface area contributed by atoms with E-state index < -0.39 is 10.8 Å². The van der Waals surface area contributed by atoms with Gasteiger partial charge in [0.25, 0.3) is 17.5 Å². The minimum atomic E-state index is -0.483. The summed E-state index contributed by atoms with van der Waals surface area (Å²) in [5, 5.41) is 11.0. The third-order valence-electron chi connectivity index (χ3n) is 5.44. The number of carbonyl (C=O) groups is 2. The number of imide groups is 1. The summed E-state index contributed by atoms with van der Waals surface area (Å²) in [6.07, 6.45) is 1.92. The van der Waals surface area contributed by atoms with Crippen molar-refractivity contribution in [2.45, 2.75) is 26.7 Å². The molecule has 0 bridgehead atoms. The van der Waals surface area contributed by atoms with E-state index >= 15 is 0 Å². The van der Waals surface area contributed by atoms with Gasteiger partial charge in [0.15, 0.2) is 0 Å². The van der Waals surface area contributed by atoms with E-state index in [2.05, 4.69) is 0 Å². The second-order valence-electron chi connectivity index (χ2n) is 7.46. The van der Waals surface area contributed by atoms with E-state index in [-0.39, 0.29) is 11.6 Å². The van der Waals surface area contributed by atoms with E-state index in [4.69, 9.17) is 0 Å². The van der Waals surface area contributed by atoms with Crippen molar-refractivity contribution >= 4 is 28.8 Å². The number of amides is 2. The molecule has 2 amide bonds. The van der Waals surface area contributed by atoms with Crippen LogP contribution in [0.3, 0.4) is 0 Å². The van der Waals surface area contributed by atoms with Crippen LogP contribution in [0.1, 0.15) is 29.5 Å². The number of likely N-dealkylation sites (tertiary alicyclic amines) is 1. The van der Waals surface area contributed by atoms with Gasteiger partial charge in [-0.3, -0.25) is 19.7 Å². The molecule has 0 N–H and O–H groups in total. The molecule has 2 aromatic rings. The maximum absolute atomic E-state index is 13.4. The molecule has 7 nitrogen and oxygen atoms in total. The minimum absolute atomic E-state index is 0.0555. The Bertz CT molecular complexity index is 1050. The smallest absolute Gasteiger partial charge is 0.282 e. The summed E-state index contributed by atoms with van der Waals surface area (Å²) in [4.78, 5) is 40.5.